The van der Waals surface area contributed by atoms with E-state index >= 15 is 0 Å². The van der Waals surface area contributed by atoms with Crippen LogP contribution < -0.4 is 5.32 Å². The first-order valence-electron chi connectivity index (χ1n) is 11.1. The van der Waals surface area contributed by atoms with Crippen LogP contribution in [-0.2, 0) is 9.53 Å². The molecule has 7 nitrogen and oxygen atoms in total. The molecule has 2 aromatic heterocycles. The number of anilines is 1. The number of aryl methyl sites for hydroxylation is 3. The third-order valence-corrected chi connectivity index (χ3v) is 5.80. The van der Waals surface area contributed by atoms with Crippen LogP contribution in [0.3, 0.4) is 0 Å². The lowest BCUT2D eigenvalue weighted by atomic mass is 10.2. The summed E-state index contributed by atoms with van der Waals surface area (Å²) in [7, 11) is 0. The number of amides is 1. The van der Waals surface area contributed by atoms with Gasteiger partial charge in [0.2, 0.25) is 0 Å². The second kappa shape index (κ2) is 9.39. The Balaban J connectivity index is 1.45. The lowest BCUT2D eigenvalue weighted by molar-refractivity contribution is -0.119. The van der Waals surface area contributed by atoms with Gasteiger partial charge >= 0.3 is 5.97 Å². The number of carbonyl (C=O) groups excluding carboxylic acids is 2. The highest BCUT2D eigenvalue weighted by Gasteiger charge is 2.20. The number of nitrogens with one attached hydrogen (secondary N) is 1. The standard InChI is InChI=1S/C27H28N4O3/c1-17-10-9-13-23(14-17)30-18(2)15-24(20(30)4)27(33)34-16-25(32)28-26-19(3)29-31(21(26)5)22-11-7-6-8-12-22/h6-15H,16H2,1-5H3,(H,28,32). The molecule has 0 saturated heterocycles. The van der Waals surface area contributed by atoms with Gasteiger partial charge in [-0.3, -0.25) is 4.79 Å². The Kier molecular flexibility index (Phi) is 6.36. The van der Waals surface area contributed by atoms with E-state index in [1.165, 1.54) is 0 Å². The molecule has 0 aliphatic carbocycles. The highest BCUT2D eigenvalue weighted by atomic mass is 16.5. The summed E-state index contributed by atoms with van der Waals surface area (Å²) >= 11 is 0. The lowest BCUT2D eigenvalue weighted by Gasteiger charge is -2.11. The van der Waals surface area contributed by atoms with Crippen LogP contribution in [-0.4, -0.2) is 32.8 Å². The zero-order valence-corrected chi connectivity index (χ0v) is 20.0. The molecule has 0 fully saturated rings. The van der Waals surface area contributed by atoms with E-state index in [2.05, 4.69) is 16.5 Å². The van der Waals surface area contributed by atoms with E-state index in [4.69, 9.17) is 4.74 Å². The van der Waals surface area contributed by atoms with E-state index in [0.717, 1.165) is 34.0 Å². The average Bonchev–Trinajstić information content (AvgIpc) is 3.27. The summed E-state index contributed by atoms with van der Waals surface area (Å²) in [5, 5.41) is 7.36. The monoisotopic (exact) mass is 456 g/mol. The van der Waals surface area contributed by atoms with Gasteiger partial charge in [-0.2, -0.15) is 5.10 Å². The molecule has 0 bridgehead atoms. The third-order valence-electron chi connectivity index (χ3n) is 5.80. The summed E-state index contributed by atoms with van der Waals surface area (Å²) in [6, 6.07) is 19.5. The van der Waals surface area contributed by atoms with Crippen LogP contribution in [0.1, 0.15) is 38.7 Å². The van der Waals surface area contributed by atoms with Gasteiger partial charge in [-0.25, -0.2) is 9.48 Å². The van der Waals surface area contributed by atoms with Crippen LogP contribution in [0.2, 0.25) is 0 Å². The minimum absolute atomic E-state index is 0.387. The molecular weight excluding hydrogens is 428 g/mol. The number of para-hydroxylation sites is 1. The number of aromatic nitrogens is 3. The number of hydrogen-bond donors (Lipinski definition) is 1. The van der Waals surface area contributed by atoms with Gasteiger partial charge in [0.1, 0.15) is 0 Å². The number of ether oxygens (including phenoxy) is 1. The van der Waals surface area contributed by atoms with Gasteiger partial charge < -0.3 is 14.6 Å². The fourth-order valence-electron chi connectivity index (χ4n) is 4.16. The van der Waals surface area contributed by atoms with Gasteiger partial charge in [0.05, 0.1) is 28.3 Å². The Hall–Kier alpha value is -4.13. The fraction of sp³-hybridized carbons (Fsp3) is 0.222. The Bertz CT molecular complexity index is 1370. The summed E-state index contributed by atoms with van der Waals surface area (Å²) in [6.45, 7) is 9.16. The van der Waals surface area contributed by atoms with Crippen LogP contribution in [0.5, 0.6) is 0 Å². The van der Waals surface area contributed by atoms with Crippen molar-refractivity contribution in [1.82, 2.24) is 14.3 Å². The highest BCUT2D eigenvalue weighted by molar-refractivity contribution is 5.96. The van der Waals surface area contributed by atoms with Crippen molar-refractivity contribution in [2.24, 2.45) is 0 Å². The molecule has 174 valence electrons. The molecule has 0 aliphatic rings. The fourth-order valence-corrected chi connectivity index (χ4v) is 4.16. The zero-order valence-electron chi connectivity index (χ0n) is 20.0. The lowest BCUT2D eigenvalue weighted by Crippen LogP contribution is -2.21. The average molecular weight is 457 g/mol. The summed E-state index contributed by atoms with van der Waals surface area (Å²) < 4.78 is 9.13. The van der Waals surface area contributed by atoms with Crippen molar-refractivity contribution < 1.29 is 14.3 Å². The molecule has 1 N–H and O–H groups in total. The number of rotatable bonds is 6. The molecule has 0 saturated carbocycles. The maximum Gasteiger partial charge on any atom is 0.340 e. The Morgan fingerprint density at radius 1 is 0.882 bits per heavy atom. The first-order chi connectivity index (χ1) is 16.3. The first-order valence-corrected chi connectivity index (χ1v) is 11.1. The molecule has 2 aromatic carbocycles. The van der Waals surface area contributed by atoms with Gasteiger partial charge in [0.15, 0.2) is 6.61 Å². The summed E-state index contributed by atoms with van der Waals surface area (Å²) in [4.78, 5) is 25.4. The molecular formula is C27H28N4O3. The van der Waals surface area contributed by atoms with E-state index in [-0.39, 0.29) is 6.61 Å². The van der Waals surface area contributed by atoms with Gasteiger partial charge in [-0.05, 0) is 70.5 Å². The molecule has 34 heavy (non-hydrogen) atoms. The number of hydrogen-bond acceptors (Lipinski definition) is 4. The SMILES string of the molecule is Cc1cccc(-n2c(C)cc(C(=O)OCC(=O)Nc3c(C)nn(-c4ccccc4)c3C)c2C)c1. The quantitative estimate of drug-likeness (QED) is 0.414. The third kappa shape index (κ3) is 4.50. The van der Waals surface area contributed by atoms with Crippen LogP contribution in [0.4, 0.5) is 5.69 Å². The molecule has 7 heteroatoms. The van der Waals surface area contributed by atoms with Crippen molar-refractivity contribution in [3.8, 4) is 11.4 Å². The molecule has 0 atom stereocenters. The van der Waals surface area contributed by atoms with E-state index < -0.39 is 11.9 Å². The van der Waals surface area contributed by atoms with E-state index in [0.29, 0.717) is 16.9 Å². The normalized spacial score (nSPS) is 10.9. The van der Waals surface area contributed by atoms with E-state index in [1.807, 2.05) is 87.7 Å². The highest BCUT2D eigenvalue weighted by Crippen LogP contribution is 2.24. The predicted molar refractivity (Wildman–Crippen MR) is 132 cm³/mol. The van der Waals surface area contributed by atoms with Crippen molar-refractivity contribution >= 4 is 17.6 Å². The Morgan fingerprint density at radius 3 is 2.29 bits per heavy atom. The smallest absolute Gasteiger partial charge is 0.340 e. The van der Waals surface area contributed by atoms with Crippen molar-refractivity contribution in [3.63, 3.8) is 0 Å². The molecule has 0 spiro atoms. The predicted octanol–water partition coefficient (Wildman–Crippen LogP) is 5.00. The van der Waals surface area contributed by atoms with E-state index in [1.54, 1.807) is 10.7 Å². The van der Waals surface area contributed by atoms with Crippen LogP contribution in [0.25, 0.3) is 11.4 Å². The number of benzene rings is 2. The Morgan fingerprint density at radius 2 is 1.59 bits per heavy atom. The second-order valence-corrected chi connectivity index (χ2v) is 8.38. The summed E-state index contributed by atoms with van der Waals surface area (Å²) in [5.74, 6) is -0.949. The molecule has 4 aromatic rings. The zero-order chi connectivity index (χ0) is 24.4. The van der Waals surface area contributed by atoms with Gasteiger partial charge in [0.25, 0.3) is 5.91 Å². The minimum atomic E-state index is -0.532. The summed E-state index contributed by atoms with van der Waals surface area (Å²) in [6.07, 6.45) is 0. The Labute approximate surface area is 199 Å². The van der Waals surface area contributed by atoms with Crippen LogP contribution in [0.15, 0.2) is 60.7 Å². The molecule has 2 heterocycles. The molecule has 0 unspecified atom stereocenters. The van der Waals surface area contributed by atoms with Crippen molar-refractivity contribution in [1.29, 1.82) is 0 Å². The van der Waals surface area contributed by atoms with Crippen LogP contribution in [0, 0.1) is 34.6 Å². The van der Waals surface area contributed by atoms with Crippen molar-refractivity contribution in [3.05, 3.63) is 94.6 Å². The van der Waals surface area contributed by atoms with Crippen LogP contribution >= 0.6 is 0 Å². The van der Waals surface area contributed by atoms with Gasteiger partial charge in [-0.15, -0.1) is 0 Å². The van der Waals surface area contributed by atoms with Gasteiger partial charge in [0, 0.05) is 17.1 Å². The van der Waals surface area contributed by atoms with Crippen molar-refractivity contribution in [2.45, 2.75) is 34.6 Å². The maximum absolute atomic E-state index is 12.8. The molecule has 0 aliphatic heterocycles. The minimum Gasteiger partial charge on any atom is -0.452 e. The second-order valence-electron chi connectivity index (χ2n) is 8.38. The largest absolute Gasteiger partial charge is 0.452 e. The maximum atomic E-state index is 12.8. The number of nitrogens with zero attached hydrogens (tertiary/aromatic N) is 3. The molecule has 0 radical (unpaired) electrons. The molecule has 4 rings (SSSR count). The van der Waals surface area contributed by atoms with E-state index in [9.17, 15) is 9.59 Å². The first kappa shape index (κ1) is 23.0. The number of carbonyl (C=O) groups is 2. The summed E-state index contributed by atoms with van der Waals surface area (Å²) in [5.41, 5.74) is 7.23. The van der Waals surface area contributed by atoms with Crippen molar-refractivity contribution in [2.75, 3.05) is 11.9 Å². The van der Waals surface area contributed by atoms with Gasteiger partial charge in [-0.1, -0.05) is 30.3 Å². The topological polar surface area (TPSA) is 78.2 Å². The molecule has 1 amide bonds. The number of esters is 1.